The Morgan fingerprint density at radius 3 is 2.55 bits per heavy atom. The van der Waals surface area contributed by atoms with Gasteiger partial charge in [-0.05, 0) is 25.2 Å². The Morgan fingerprint density at radius 1 is 1.64 bits per heavy atom. The third kappa shape index (κ3) is 6.12. The van der Waals surface area contributed by atoms with Crippen LogP contribution in [0.25, 0.3) is 0 Å². The second-order valence-electron chi connectivity index (χ2n) is 2.21. The average Bonchev–Trinajstić information content (AvgIpc) is 1.86. The molecule has 2 atom stereocenters. The molecule has 11 heavy (non-hydrogen) atoms. The molecule has 68 valence electrons. The Bertz CT molecular complexity index is 152. The van der Waals surface area contributed by atoms with Crippen LogP contribution in [-0.4, -0.2) is 16.8 Å². The molecular weight excluding hydrogens is 199 g/mol. The fourth-order valence-electron chi connectivity index (χ4n) is 0.496. The van der Waals surface area contributed by atoms with Gasteiger partial charge in [-0.2, -0.15) is 0 Å². The van der Waals surface area contributed by atoms with E-state index >= 15 is 0 Å². The molecule has 0 fully saturated rings. The Hall–Kier alpha value is 0.920. The Labute approximate surface area is 77.6 Å². The van der Waals surface area contributed by atoms with E-state index in [2.05, 4.69) is 6.92 Å². The van der Waals surface area contributed by atoms with Gasteiger partial charge in [0.15, 0.2) is 0 Å². The highest BCUT2D eigenvalue weighted by Crippen LogP contribution is 2.58. The minimum Gasteiger partial charge on any atom is -0.337 e. The Morgan fingerprint density at radius 2 is 2.18 bits per heavy atom. The number of hydrogen-bond donors (Lipinski definition) is 1. The zero-order valence-electron chi connectivity index (χ0n) is 7.11. The van der Waals surface area contributed by atoms with E-state index in [1.807, 2.05) is 13.8 Å². The second kappa shape index (κ2) is 5.55. The van der Waals surface area contributed by atoms with E-state index in [-0.39, 0.29) is 0 Å². The summed E-state index contributed by atoms with van der Waals surface area (Å²) in [5.41, 5.74) is -2.52. The normalized spacial score (nSPS) is 19.3. The van der Waals surface area contributed by atoms with Crippen molar-refractivity contribution in [2.45, 2.75) is 32.4 Å². The summed E-state index contributed by atoms with van der Waals surface area (Å²) in [7, 11) is 0. The van der Waals surface area contributed by atoms with Gasteiger partial charge < -0.3 is 9.42 Å². The maximum atomic E-state index is 9.48. The minimum atomic E-state index is -2.52. The van der Waals surface area contributed by atoms with Gasteiger partial charge in [0.05, 0.1) is 6.61 Å². The van der Waals surface area contributed by atoms with Crippen molar-refractivity contribution in [2.24, 2.45) is 0 Å². The van der Waals surface area contributed by atoms with Crippen LogP contribution in [0.1, 0.15) is 27.2 Å². The number of rotatable bonds is 5. The van der Waals surface area contributed by atoms with Crippen molar-refractivity contribution in [1.82, 2.24) is 0 Å². The molecule has 0 saturated heterocycles. The first-order chi connectivity index (χ1) is 5.02. The van der Waals surface area contributed by atoms with E-state index in [1.165, 1.54) is 11.4 Å². The fourth-order valence-corrected chi connectivity index (χ4v) is 5.44. The first-order valence-electron chi connectivity index (χ1n) is 3.67. The number of hydrogen-bond acceptors (Lipinski definition) is 3. The Kier molecular flexibility index (Phi) is 6.01. The fraction of sp³-hybridized carbons (Fsp3) is 1.00. The summed E-state index contributed by atoms with van der Waals surface area (Å²) in [6, 6.07) is 0. The molecule has 0 radical (unpaired) electrons. The molecule has 0 heterocycles. The van der Waals surface area contributed by atoms with Crippen molar-refractivity contribution in [1.29, 1.82) is 0 Å². The van der Waals surface area contributed by atoms with Crippen molar-refractivity contribution in [3.63, 3.8) is 0 Å². The molecule has 2 unspecified atom stereocenters. The monoisotopic (exact) mass is 214 g/mol. The largest absolute Gasteiger partial charge is 0.337 e. The van der Waals surface area contributed by atoms with Crippen LogP contribution in [0.3, 0.4) is 0 Å². The van der Waals surface area contributed by atoms with Gasteiger partial charge in [-0.1, -0.05) is 25.2 Å². The van der Waals surface area contributed by atoms with Crippen molar-refractivity contribution >= 4 is 28.9 Å². The van der Waals surface area contributed by atoms with Crippen LogP contribution < -0.4 is 0 Å². The van der Waals surface area contributed by atoms with E-state index in [9.17, 15) is 4.89 Å². The molecule has 0 amide bonds. The SMILES string of the molecule is CCOP(O)(=S)SC(C)CC. The lowest BCUT2D eigenvalue weighted by atomic mass is 10.4. The highest BCUT2D eigenvalue weighted by atomic mass is 32.9. The molecule has 0 aliphatic rings. The summed E-state index contributed by atoms with van der Waals surface area (Å²) in [5, 5.41) is 0.386. The second-order valence-corrected chi connectivity index (χ2v) is 8.72. The lowest BCUT2D eigenvalue weighted by Gasteiger charge is -2.16. The Balaban J connectivity index is 3.81. The van der Waals surface area contributed by atoms with Crippen LogP contribution >= 0.6 is 17.1 Å². The zero-order valence-corrected chi connectivity index (χ0v) is 9.64. The maximum absolute atomic E-state index is 9.48. The van der Waals surface area contributed by atoms with Crippen LogP contribution in [0.2, 0.25) is 0 Å². The first kappa shape index (κ1) is 11.9. The molecule has 0 aliphatic carbocycles. The van der Waals surface area contributed by atoms with E-state index in [4.69, 9.17) is 16.3 Å². The van der Waals surface area contributed by atoms with Gasteiger partial charge >= 0.3 is 0 Å². The topological polar surface area (TPSA) is 29.5 Å². The average molecular weight is 214 g/mol. The maximum Gasteiger partial charge on any atom is 0.244 e. The summed E-state index contributed by atoms with van der Waals surface area (Å²) in [6.45, 7) is 6.45. The van der Waals surface area contributed by atoms with Gasteiger partial charge in [0.2, 0.25) is 5.69 Å². The van der Waals surface area contributed by atoms with E-state index in [0.29, 0.717) is 11.9 Å². The molecule has 0 aliphatic heterocycles. The molecular formula is C6H15O2PS2. The van der Waals surface area contributed by atoms with E-state index in [0.717, 1.165) is 6.42 Å². The molecule has 0 spiro atoms. The first-order valence-corrected chi connectivity index (χ1v) is 7.83. The van der Waals surface area contributed by atoms with Gasteiger partial charge in [-0.15, -0.1) is 0 Å². The van der Waals surface area contributed by atoms with E-state index in [1.54, 1.807) is 0 Å². The molecule has 0 aromatic carbocycles. The quantitative estimate of drug-likeness (QED) is 0.713. The molecule has 2 nitrogen and oxygen atoms in total. The third-order valence-electron chi connectivity index (χ3n) is 1.18. The molecule has 0 rings (SSSR count). The van der Waals surface area contributed by atoms with Crippen molar-refractivity contribution in [3.8, 4) is 0 Å². The molecule has 0 aromatic heterocycles. The lowest BCUT2D eigenvalue weighted by Crippen LogP contribution is -1.94. The lowest BCUT2D eigenvalue weighted by molar-refractivity contribution is 0.340. The standard InChI is InChI=1S/C6H15O2PS2/c1-4-6(3)11-9(7,10)8-5-2/h6H,4-5H2,1-3H3,(H,7,10). The van der Waals surface area contributed by atoms with Crippen molar-refractivity contribution < 1.29 is 9.42 Å². The summed E-state index contributed by atoms with van der Waals surface area (Å²) in [4.78, 5) is 9.48. The smallest absolute Gasteiger partial charge is 0.244 e. The molecule has 5 heteroatoms. The van der Waals surface area contributed by atoms with Gasteiger partial charge in [0.1, 0.15) is 0 Å². The van der Waals surface area contributed by atoms with Gasteiger partial charge in [0, 0.05) is 5.25 Å². The van der Waals surface area contributed by atoms with Crippen molar-refractivity contribution in [2.75, 3.05) is 6.61 Å². The summed E-state index contributed by atoms with van der Waals surface area (Å²) in [5.74, 6) is 0. The van der Waals surface area contributed by atoms with E-state index < -0.39 is 5.69 Å². The molecule has 0 bridgehead atoms. The summed E-state index contributed by atoms with van der Waals surface area (Å²) >= 11 is 6.28. The van der Waals surface area contributed by atoms with Gasteiger partial charge in [-0.25, -0.2) is 0 Å². The van der Waals surface area contributed by atoms with Crippen molar-refractivity contribution in [3.05, 3.63) is 0 Å². The van der Waals surface area contributed by atoms with Crippen LogP contribution in [0.5, 0.6) is 0 Å². The van der Waals surface area contributed by atoms with Crippen LogP contribution in [0, 0.1) is 0 Å². The molecule has 0 saturated carbocycles. The predicted molar refractivity (Wildman–Crippen MR) is 55.5 cm³/mol. The van der Waals surface area contributed by atoms with Crippen LogP contribution in [0.4, 0.5) is 0 Å². The predicted octanol–water partition coefficient (Wildman–Crippen LogP) is 2.77. The molecule has 0 aromatic rings. The van der Waals surface area contributed by atoms with Crippen LogP contribution in [0.15, 0.2) is 0 Å². The highest BCUT2D eigenvalue weighted by Gasteiger charge is 2.16. The zero-order chi connectivity index (χ0) is 8.91. The minimum absolute atomic E-state index is 0.386. The third-order valence-corrected chi connectivity index (χ3v) is 6.01. The molecule has 1 N–H and O–H groups in total. The summed E-state index contributed by atoms with van der Waals surface area (Å²) in [6.07, 6.45) is 1.01. The van der Waals surface area contributed by atoms with Gasteiger partial charge in [-0.3, -0.25) is 0 Å². The summed E-state index contributed by atoms with van der Waals surface area (Å²) < 4.78 is 5.05. The van der Waals surface area contributed by atoms with Crippen LogP contribution in [-0.2, 0) is 16.3 Å². The highest BCUT2D eigenvalue weighted by molar-refractivity contribution is 8.67. The van der Waals surface area contributed by atoms with Gasteiger partial charge in [0.25, 0.3) is 0 Å².